The van der Waals surface area contributed by atoms with Gasteiger partial charge in [-0.25, -0.2) is 8.42 Å². The van der Waals surface area contributed by atoms with Gasteiger partial charge in [-0.05, 0) is 32.0 Å². The van der Waals surface area contributed by atoms with Crippen LogP contribution in [0.4, 0.5) is 5.69 Å². The highest BCUT2D eigenvalue weighted by molar-refractivity contribution is 7.93. The van der Waals surface area contributed by atoms with Gasteiger partial charge in [0.15, 0.2) is 0 Å². The molecule has 0 spiro atoms. The van der Waals surface area contributed by atoms with Crippen LogP contribution in [0.5, 0.6) is 0 Å². The highest BCUT2D eigenvalue weighted by atomic mass is 35.5. The molecule has 0 unspecified atom stereocenters. The van der Waals surface area contributed by atoms with E-state index in [-0.39, 0.29) is 16.5 Å². The molecule has 0 aliphatic rings. The second kappa shape index (κ2) is 5.79. The van der Waals surface area contributed by atoms with Crippen LogP contribution in [0.1, 0.15) is 24.2 Å². The maximum Gasteiger partial charge on any atom is 0.254 e. The zero-order chi connectivity index (χ0) is 14.8. The predicted octanol–water partition coefficient (Wildman–Crippen LogP) is 2.19. The van der Waals surface area contributed by atoms with Crippen LogP contribution in [0.25, 0.3) is 0 Å². The molecule has 1 rings (SSSR count). The first-order valence-corrected chi connectivity index (χ1v) is 7.60. The minimum atomic E-state index is -3.44. The molecule has 0 radical (unpaired) electrons. The van der Waals surface area contributed by atoms with E-state index in [1.54, 1.807) is 27.9 Å². The first-order chi connectivity index (χ1) is 8.65. The Morgan fingerprint density at radius 2 is 1.89 bits per heavy atom. The van der Waals surface area contributed by atoms with E-state index < -0.39 is 15.3 Å². The first-order valence-electron chi connectivity index (χ1n) is 5.68. The van der Waals surface area contributed by atoms with Crippen LogP contribution in [-0.2, 0) is 10.0 Å². The average molecular weight is 305 g/mol. The summed E-state index contributed by atoms with van der Waals surface area (Å²) in [6, 6.07) is 4.45. The van der Waals surface area contributed by atoms with Crippen LogP contribution in [0.15, 0.2) is 18.2 Å². The molecule has 0 aliphatic carbocycles. The molecule has 0 atom stereocenters. The summed E-state index contributed by atoms with van der Waals surface area (Å²) in [6.07, 6.45) is 0. The van der Waals surface area contributed by atoms with Gasteiger partial charge in [0.25, 0.3) is 5.91 Å². The summed E-state index contributed by atoms with van der Waals surface area (Å²) in [4.78, 5) is 13.3. The number of nitrogens with zero attached hydrogens (tertiary/aromatic N) is 1. The highest BCUT2D eigenvalue weighted by Crippen LogP contribution is 2.22. The van der Waals surface area contributed by atoms with Gasteiger partial charge in [0, 0.05) is 19.8 Å². The van der Waals surface area contributed by atoms with Crippen molar-refractivity contribution in [2.75, 3.05) is 18.8 Å². The number of hydrogen-bond acceptors (Lipinski definition) is 3. The Morgan fingerprint density at radius 1 is 1.32 bits per heavy atom. The number of sulfonamides is 1. The minimum absolute atomic E-state index is 0.260. The standard InChI is InChI=1S/C12H17ClN2O3S/c1-8(2)19(17,18)14-9-5-6-11(13)10(7-9)12(16)15(3)4/h5-8,14H,1-4H3. The molecule has 7 heteroatoms. The van der Waals surface area contributed by atoms with E-state index >= 15 is 0 Å². The van der Waals surface area contributed by atoms with E-state index in [0.717, 1.165) is 0 Å². The number of halogens is 1. The number of rotatable bonds is 4. The third kappa shape index (κ3) is 3.84. The first kappa shape index (κ1) is 15.8. The van der Waals surface area contributed by atoms with Crippen LogP contribution in [0.3, 0.4) is 0 Å². The number of carbonyl (C=O) groups is 1. The molecular formula is C12H17ClN2O3S. The Balaban J connectivity index is 3.14. The summed E-state index contributed by atoms with van der Waals surface area (Å²) in [6.45, 7) is 3.15. The zero-order valence-electron chi connectivity index (χ0n) is 11.3. The molecule has 1 amide bonds. The highest BCUT2D eigenvalue weighted by Gasteiger charge is 2.18. The van der Waals surface area contributed by atoms with Crippen LogP contribution >= 0.6 is 11.6 Å². The minimum Gasteiger partial charge on any atom is -0.345 e. The van der Waals surface area contributed by atoms with Crippen molar-refractivity contribution in [3.05, 3.63) is 28.8 Å². The fraction of sp³-hybridized carbons (Fsp3) is 0.417. The molecule has 0 saturated heterocycles. The SMILES string of the molecule is CC(C)S(=O)(=O)Nc1ccc(Cl)c(C(=O)N(C)C)c1. The van der Waals surface area contributed by atoms with E-state index in [1.807, 2.05) is 0 Å². The van der Waals surface area contributed by atoms with Crippen LogP contribution in [0.2, 0.25) is 5.02 Å². The van der Waals surface area contributed by atoms with Crippen molar-refractivity contribution in [1.29, 1.82) is 0 Å². The van der Waals surface area contributed by atoms with Gasteiger partial charge in [-0.2, -0.15) is 0 Å². The summed E-state index contributed by atoms with van der Waals surface area (Å²) in [5.41, 5.74) is 0.582. The second-order valence-electron chi connectivity index (χ2n) is 4.59. The van der Waals surface area contributed by atoms with Gasteiger partial charge in [0.1, 0.15) is 0 Å². The Kier molecular flexibility index (Phi) is 4.81. The van der Waals surface area contributed by atoms with Gasteiger partial charge in [-0.1, -0.05) is 11.6 Å². The van der Waals surface area contributed by atoms with Gasteiger partial charge in [0.2, 0.25) is 10.0 Å². The lowest BCUT2D eigenvalue weighted by Crippen LogP contribution is -2.24. The quantitative estimate of drug-likeness (QED) is 0.927. The summed E-state index contributed by atoms with van der Waals surface area (Å²) in [5, 5.41) is -0.276. The molecule has 0 heterocycles. The van der Waals surface area contributed by atoms with Crippen molar-refractivity contribution in [1.82, 2.24) is 4.90 Å². The van der Waals surface area contributed by atoms with E-state index in [4.69, 9.17) is 11.6 Å². The molecule has 1 N–H and O–H groups in total. The number of nitrogens with one attached hydrogen (secondary N) is 1. The average Bonchev–Trinajstić information content (AvgIpc) is 2.30. The molecule has 19 heavy (non-hydrogen) atoms. The lowest BCUT2D eigenvalue weighted by Gasteiger charge is -2.14. The monoisotopic (exact) mass is 304 g/mol. The van der Waals surface area contributed by atoms with E-state index in [0.29, 0.717) is 5.69 Å². The fourth-order valence-electron chi connectivity index (χ4n) is 1.28. The van der Waals surface area contributed by atoms with Gasteiger partial charge in [-0.3, -0.25) is 9.52 Å². The van der Waals surface area contributed by atoms with Crippen molar-refractivity contribution >= 4 is 33.2 Å². The van der Waals surface area contributed by atoms with Crippen molar-refractivity contribution < 1.29 is 13.2 Å². The van der Waals surface area contributed by atoms with E-state index in [1.165, 1.54) is 23.1 Å². The van der Waals surface area contributed by atoms with Crippen molar-refractivity contribution in [2.45, 2.75) is 19.1 Å². The zero-order valence-corrected chi connectivity index (χ0v) is 12.8. The Hall–Kier alpha value is -1.27. The maximum atomic E-state index is 11.9. The normalized spacial score (nSPS) is 11.5. The smallest absolute Gasteiger partial charge is 0.254 e. The van der Waals surface area contributed by atoms with Crippen LogP contribution in [0, 0.1) is 0 Å². The van der Waals surface area contributed by atoms with E-state index in [2.05, 4.69) is 4.72 Å². The van der Waals surface area contributed by atoms with Gasteiger partial charge in [-0.15, -0.1) is 0 Å². The summed E-state index contributed by atoms with van der Waals surface area (Å²) in [7, 11) is -0.243. The summed E-state index contributed by atoms with van der Waals surface area (Å²) >= 11 is 5.94. The Labute approximate surface area is 118 Å². The molecule has 1 aromatic carbocycles. The number of amides is 1. The summed E-state index contributed by atoms with van der Waals surface area (Å²) in [5.74, 6) is -0.282. The maximum absolute atomic E-state index is 11.9. The molecule has 0 fully saturated rings. The van der Waals surface area contributed by atoms with Crippen molar-refractivity contribution in [3.63, 3.8) is 0 Å². The number of hydrogen-bond donors (Lipinski definition) is 1. The molecule has 0 saturated carbocycles. The molecule has 106 valence electrons. The topological polar surface area (TPSA) is 66.5 Å². The fourth-order valence-corrected chi connectivity index (χ4v) is 2.17. The van der Waals surface area contributed by atoms with Gasteiger partial charge < -0.3 is 4.90 Å². The molecule has 1 aromatic rings. The third-order valence-electron chi connectivity index (χ3n) is 2.48. The molecule has 0 bridgehead atoms. The van der Waals surface area contributed by atoms with Crippen LogP contribution < -0.4 is 4.72 Å². The molecule has 0 aliphatic heterocycles. The molecular weight excluding hydrogens is 288 g/mol. The third-order valence-corrected chi connectivity index (χ3v) is 4.57. The number of anilines is 1. The lowest BCUT2D eigenvalue weighted by molar-refractivity contribution is 0.0828. The van der Waals surface area contributed by atoms with Crippen LogP contribution in [-0.4, -0.2) is 38.6 Å². The largest absolute Gasteiger partial charge is 0.345 e. The van der Waals surface area contributed by atoms with Gasteiger partial charge >= 0.3 is 0 Å². The van der Waals surface area contributed by atoms with Gasteiger partial charge in [0.05, 0.1) is 15.8 Å². The molecule has 5 nitrogen and oxygen atoms in total. The predicted molar refractivity (Wildman–Crippen MR) is 77.1 cm³/mol. The lowest BCUT2D eigenvalue weighted by atomic mass is 10.2. The molecule has 0 aromatic heterocycles. The Bertz CT molecular complexity index is 583. The Morgan fingerprint density at radius 3 is 2.37 bits per heavy atom. The second-order valence-corrected chi connectivity index (χ2v) is 7.23. The van der Waals surface area contributed by atoms with E-state index in [9.17, 15) is 13.2 Å². The van der Waals surface area contributed by atoms with Crippen molar-refractivity contribution in [3.8, 4) is 0 Å². The summed E-state index contributed by atoms with van der Waals surface area (Å²) < 4.78 is 25.9. The van der Waals surface area contributed by atoms with Crippen molar-refractivity contribution in [2.24, 2.45) is 0 Å². The number of carbonyl (C=O) groups excluding carboxylic acids is 1. The number of benzene rings is 1.